The van der Waals surface area contributed by atoms with Gasteiger partial charge in [0.1, 0.15) is 6.10 Å². The van der Waals surface area contributed by atoms with Gasteiger partial charge in [-0.15, -0.1) is 0 Å². The molecule has 1 saturated heterocycles. The molecule has 0 aromatic heterocycles. The van der Waals surface area contributed by atoms with Gasteiger partial charge in [-0.3, -0.25) is 4.79 Å². The van der Waals surface area contributed by atoms with Gasteiger partial charge in [-0.1, -0.05) is 13.8 Å². The highest BCUT2D eigenvalue weighted by Gasteiger charge is 2.35. The van der Waals surface area contributed by atoms with Crippen LogP contribution in [0, 0.1) is 5.92 Å². The van der Waals surface area contributed by atoms with Crippen molar-refractivity contribution in [2.24, 2.45) is 5.92 Å². The molecule has 0 aliphatic carbocycles. The van der Waals surface area contributed by atoms with Crippen LogP contribution in [-0.4, -0.2) is 60.8 Å². The molecule has 6 nitrogen and oxygen atoms in total. The minimum absolute atomic E-state index is 0.0602. The van der Waals surface area contributed by atoms with Crippen LogP contribution in [0.1, 0.15) is 33.1 Å². The Balaban J connectivity index is 2.51. The fraction of sp³-hybridized carbons (Fsp3) is 0.857. The van der Waals surface area contributed by atoms with Crippen molar-refractivity contribution in [1.29, 1.82) is 0 Å². The first-order chi connectivity index (χ1) is 9.29. The maximum Gasteiger partial charge on any atom is 0.332 e. The van der Waals surface area contributed by atoms with Crippen molar-refractivity contribution in [1.82, 2.24) is 10.2 Å². The fourth-order valence-electron chi connectivity index (χ4n) is 2.49. The number of hydrogen-bond donors (Lipinski definition) is 2. The summed E-state index contributed by atoms with van der Waals surface area (Å²) in [4.78, 5) is 25.0. The van der Waals surface area contributed by atoms with Crippen LogP contribution in [0.15, 0.2) is 0 Å². The molecule has 0 saturated carbocycles. The van der Waals surface area contributed by atoms with E-state index < -0.39 is 18.2 Å². The summed E-state index contributed by atoms with van der Waals surface area (Å²) in [6, 6.07) is 0.0602. The Hall–Kier alpha value is -1.14. The van der Waals surface area contributed by atoms with E-state index >= 15 is 0 Å². The van der Waals surface area contributed by atoms with E-state index in [1.54, 1.807) is 0 Å². The third-order valence-electron chi connectivity index (χ3n) is 3.28. The summed E-state index contributed by atoms with van der Waals surface area (Å²) in [6.45, 7) is 4.99. The Bertz CT molecular complexity index is 334. The average Bonchev–Trinajstić information content (AvgIpc) is 2.75. The number of likely N-dealkylation sites (N-methyl/N-ethyl adjacent to an activating group) is 1. The van der Waals surface area contributed by atoms with E-state index in [1.165, 1.54) is 0 Å². The topological polar surface area (TPSA) is 78.9 Å². The number of nitrogens with zero attached hydrogens (tertiary/aromatic N) is 1. The largest absolute Gasteiger partial charge is 0.479 e. The summed E-state index contributed by atoms with van der Waals surface area (Å²) in [7, 11) is 3.93. The van der Waals surface area contributed by atoms with Crippen molar-refractivity contribution in [3.05, 3.63) is 0 Å². The van der Waals surface area contributed by atoms with E-state index in [0.29, 0.717) is 18.8 Å². The van der Waals surface area contributed by atoms with Crippen LogP contribution in [0.5, 0.6) is 0 Å². The number of rotatable bonds is 7. The number of amides is 1. The molecule has 1 heterocycles. The molecule has 6 heteroatoms. The monoisotopic (exact) mass is 286 g/mol. The molecule has 1 aliphatic rings. The second kappa shape index (κ2) is 7.59. The molecule has 0 radical (unpaired) electrons. The van der Waals surface area contributed by atoms with E-state index in [0.717, 1.165) is 13.0 Å². The van der Waals surface area contributed by atoms with Gasteiger partial charge in [0.2, 0.25) is 5.91 Å². The van der Waals surface area contributed by atoms with Gasteiger partial charge in [0.25, 0.3) is 0 Å². The molecular weight excluding hydrogens is 260 g/mol. The van der Waals surface area contributed by atoms with Gasteiger partial charge in [0.15, 0.2) is 6.10 Å². The molecule has 3 atom stereocenters. The van der Waals surface area contributed by atoms with Gasteiger partial charge < -0.3 is 20.1 Å². The molecule has 0 aromatic rings. The van der Waals surface area contributed by atoms with Crippen LogP contribution >= 0.6 is 0 Å². The summed E-state index contributed by atoms with van der Waals surface area (Å²) in [5.74, 6) is -0.704. The predicted molar refractivity (Wildman–Crippen MR) is 75.5 cm³/mol. The molecule has 1 amide bonds. The number of carboxylic acids is 1. The number of nitrogens with one attached hydrogen (secondary N) is 1. The van der Waals surface area contributed by atoms with E-state index in [-0.39, 0.29) is 11.9 Å². The number of hydrogen-bond acceptors (Lipinski definition) is 4. The standard InChI is InChI=1S/C14H26N2O4/c1-9(2)7-10(8-16(3)4)15-13(17)11-5-6-12(20-11)14(18)19/h9-12H,5-8H2,1-4H3,(H,15,17)(H,18,19)/t10?,11-,12+/m0/s1. The van der Waals surface area contributed by atoms with E-state index in [2.05, 4.69) is 19.2 Å². The highest BCUT2D eigenvalue weighted by atomic mass is 16.5. The highest BCUT2D eigenvalue weighted by molar-refractivity contribution is 5.82. The van der Waals surface area contributed by atoms with Gasteiger partial charge >= 0.3 is 5.97 Å². The normalized spacial score (nSPS) is 24.1. The third kappa shape index (κ3) is 5.46. The molecule has 0 aromatic carbocycles. The Morgan fingerprint density at radius 3 is 2.35 bits per heavy atom. The molecular formula is C14H26N2O4. The Labute approximate surface area is 120 Å². The van der Waals surface area contributed by atoms with Crippen molar-refractivity contribution in [3.63, 3.8) is 0 Å². The number of aliphatic carboxylic acids is 1. The molecule has 1 rings (SSSR count). The van der Waals surface area contributed by atoms with Crippen LogP contribution in [-0.2, 0) is 14.3 Å². The zero-order chi connectivity index (χ0) is 15.3. The lowest BCUT2D eigenvalue weighted by Crippen LogP contribution is -2.46. The van der Waals surface area contributed by atoms with Crippen LogP contribution in [0.2, 0.25) is 0 Å². The average molecular weight is 286 g/mol. The van der Waals surface area contributed by atoms with E-state index in [1.807, 2.05) is 19.0 Å². The molecule has 0 bridgehead atoms. The second-order valence-corrected chi connectivity index (χ2v) is 6.13. The minimum atomic E-state index is -0.993. The quantitative estimate of drug-likeness (QED) is 0.720. The maximum absolute atomic E-state index is 12.1. The van der Waals surface area contributed by atoms with Crippen LogP contribution in [0.4, 0.5) is 0 Å². The van der Waals surface area contributed by atoms with Gasteiger partial charge in [0, 0.05) is 12.6 Å². The SMILES string of the molecule is CC(C)CC(CN(C)C)NC(=O)[C@@H]1CC[C@H](C(=O)O)O1. The van der Waals surface area contributed by atoms with Gasteiger partial charge in [0.05, 0.1) is 0 Å². The fourth-order valence-corrected chi connectivity index (χ4v) is 2.49. The molecule has 1 unspecified atom stereocenters. The lowest BCUT2D eigenvalue weighted by atomic mass is 10.0. The number of carboxylic acid groups (broad SMARTS) is 1. The van der Waals surface area contributed by atoms with Gasteiger partial charge in [-0.2, -0.15) is 0 Å². The van der Waals surface area contributed by atoms with Crippen LogP contribution < -0.4 is 5.32 Å². The lowest BCUT2D eigenvalue weighted by molar-refractivity contribution is -0.151. The second-order valence-electron chi connectivity index (χ2n) is 6.13. The Morgan fingerprint density at radius 1 is 1.30 bits per heavy atom. The minimum Gasteiger partial charge on any atom is -0.479 e. The molecule has 2 N–H and O–H groups in total. The Kier molecular flexibility index (Phi) is 6.42. The molecule has 1 aliphatic heterocycles. The number of ether oxygens (including phenoxy) is 1. The van der Waals surface area contributed by atoms with Crippen molar-refractivity contribution >= 4 is 11.9 Å². The smallest absolute Gasteiger partial charge is 0.332 e. The molecule has 1 fully saturated rings. The number of carbonyl (C=O) groups excluding carboxylic acids is 1. The first-order valence-corrected chi connectivity index (χ1v) is 7.13. The molecule has 20 heavy (non-hydrogen) atoms. The molecule has 0 spiro atoms. The first kappa shape index (κ1) is 16.9. The maximum atomic E-state index is 12.1. The van der Waals surface area contributed by atoms with Crippen molar-refractivity contribution in [2.75, 3.05) is 20.6 Å². The van der Waals surface area contributed by atoms with Crippen molar-refractivity contribution < 1.29 is 19.4 Å². The van der Waals surface area contributed by atoms with Gasteiger partial charge in [-0.05, 0) is 39.3 Å². The zero-order valence-electron chi connectivity index (χ0n) is 12.8. The highest BCUT2D eigenvalue weighted by Crippen LogP contribution is 2.20. The summed E-state index contributed by atoms with van der Waals surface area (Å²) >= 11 is 0. The van der Waals surface area contributed by atoms with E-state index in [9.17, 15) is 9.59 Å². The van der Waals surface area contributed by atoms with Crippen LogP contribution in [0.25, 0.3) is 0 Å². The summed E-state index contributed by atoms with van der Waals surface area (Å²) < 4.78 is 5.27. The third-order valence-corrected chi connectivity index (χ3v) is 3.28. The van der Waals surface area contributed by atoms with E-state index in [4.69, 9.17) is 9.84 Å². The number of carbonyl (C=O) groups is 2. The van der Waals surface area contributed by atoms with Crippen LogP contribution in [0.3, 0.4) is 0 Å². The van der Waals surface area contributed by atoms with Gasteiger partial charge in [-0.25, -0.2) is 4.79 Å². The zero-order valence-corrected chi connectivity index (χ0v) is 12.8. The molecule has 116 valence electrons. The summed E-state index contributed by atoms with van der Waals surface area (Å²) in [6.07, 6.45) is 0.282. The first-order valence-electron chi connectivity index (χ1n) is 7.13. The van der Waals surface area contributed by atoms with Crippen molar-refractivity contribution in [2.45, 2.75) is 51.4 Å². The summed E-state index contributed by atoms with van der Waals surface area (Å²) in [5, 5.41) is 11.9. The lowest BCUT2D eigenvalue weighted by Gasteiger charge is -2.25. The Morgan fingerprint density at radius 2 is 1.90 bits per heavy atom. The predicted octanol–water partition coefficient (Wildman–Crippen LogP) is 0.711. The summed E-state index contributed by atoms with van der Waals surface area (Å²) in [5.41, 5.74) is 0. The van der Waals surface area contributed by atoms with Crippen molar-refractivity contribution in [3.8, 4) is 0 Å².